The zero-order valence-electron chi connectivity index (χ0n) is 37.5. The van der Waals surface area contributed by atoms with Gasteiger partial charge in [0.05, 0.1) is 41.0 Å². The molecule has 6 heterocycles. The van der Waals surface area contributed by atoms with Gasteiger partial charge in [-0.15, -0.1) is 11.3 Å². The first kappa shape index (κ1) is 45.9. The smallest absolute Gasteiger partial charge is 0.266 e. The first-order valence-corrected chi connectivity index (χ1v) is 23.4. The van der Waals surface area contributed by atoms with Crippen molar-refractivity contribution in [1.29, 1.82) is 0 Å². The molecule has 18 heteroatoms. The Morgan fingerprint density at radius 1 is 0.923 bits per heavy atom. The molecule has 1 aliphatic carbocycles. The summed E-state index contributed by atoms with van der Waals surface area (Å²) in [5.41, 5.74) is 4.91. The highest BCUT2D eigenvalue weighted by Gasteiger charge is 2.47. The van der Waals surface area contributed by atoms with Gasteiger partial charge in [-0.05, 0) is 79.7 Å². The first-order chi connectivity index (χ1) is 30.9. The fourth-order valence-corrected chi connectivity index (χ4v) is 10.2. The minimum absolute atomic E-state index is 0.00402. The van der Waals surface area contributed by atoms with Crippen molar-refractivity contribution in [3.05, 3.63) is 77.3 Å². The summed E-state index contributed by atoms with van der Waals surface area (Å²) in [5.74, 6) is -3.21. The number of anilines is 3. The lowest BCUT2D eigenvalue weighted by atomic mass is 9.73. The summed E-state index contributed by atoms with van der Waals surface area (Å²) in [6.45, 7) is 10.2. The number of piperidine rings is 1. The molecule has 15 nitrogen and oxygen atoms in total. The van der Waals surface area contributed by atoms with Gasteiger partial charge >= 0.3 is 0 Å². The highest BCUT2D eigenvalue weighted by Crippen LogP contribution is 2.40. The van der Waals surface area contributed by atoms with Gasteiger partial charge in [0.25, 0.3) is 5.92 Å². The molecule has 3 saturated heterocycles. The van der Waals surface area contributed by atoms with Crippen LogP contribution < -0.4 is 20.9 Å². The molecule has 3 aliphatic heterocycles. The van der Waals surface area contributed by atoms with E-state index < -0.39 is 47.9 Å². The van der Waals surface area contributed by atoms with Gasteiger partial charge < -0.3 is 35.8 Å². The predicted molar refractivity (Wildman–Crippen MR) is 242 cm³/mol. The number of aliphatic hydroxyl groups is 1. The Kier molecular flexibility index (Phi) is 13.2. The number of rotatable bonds is 12. The minimum atomic E-state index is -2.78. The number of hydrogen-bond donors (Lipinski definition) is 4. The van der Waals surface area contributed by atoms with Gasteiger partial charge in [0, 0.05) is 63.3 Å². The Morgan fingerprint density at radius 3 is 2.29 bits per heavy atom. The van der Waals surface area contributed by atoms with Crippen molar-refractivity contribution in [2.45, 2.75) is 109 Å². The fourth-order valence-electron chi connectivity index (χ4n) is 9.43. The van der Waals surface area contributed by atoms with Gasteiger partial charge in [-0.2, -0.15) is 0 Å². The molecule has 0 radical (unpaired) electrons. The van der Waals surface area contributed by atoms with Crippen LogP contribution in [0.4, 0.5) is 26.2 Å². The molecule has 4 atom stereocenters. The summed E-state index contributed by atoms with van der Waals surface area (Å²) in [6, 6.07) is 9.44. The first-order valence-electron chi connectivity index (χ1n) is 22.5. The highest BCUT2D eigenvalue weighted by atomic mass is 32.1. The maximum absolute atomic E-state index is 14.3. The third kappa shape index (κ3) is 10.4. The average Bonchev–Trinajstić information content (AvgIpc) is 3.99. The molecule has 4 aromatic rings. The van der Waals surface area contributed by atoms with E-state index in [4.69, 9.17) is 0 Å². The Hall–Kier alpha value is -5.62. The van der Waals surface area contributed by atoms with E-state index in [2.05, 4.69) is 35.9 Å². The molecule has 0 spiro atoms. The van der Waals surface area contributed by atoms with E-state index >= 15 is 0 Å². The lowest BCUT2D eigenvalue weighted by molar-refractivity contribution is -0.148. The molecule has 4 N–H and O–H groups in total. The summed E-state index contributed by atoms with van der Waals surface area (Å²) in [5, 5.41) is 19.9. The van der Waals surface area contributed by atoms with Crippen molar-refractivity contribution < 1.29 is 33.1 Å². The van der Waals surface area contributed by atoms with Crippen LogP contribution in [-0.2, 0) is 19.2 Å². The summed E-state index contributed by atoms with van der Waals surface area (Å²) in [4.78, 5) is 78.8. The maximum Gasteiger partial charge on any atom is 0.266 e. The molecule has 65 heavy (non-hydrogen) atoms. The second-order valence-electron chi connectivity index (χ2n) is 19.2. The van der Waals surface area contributed by atoms with Crippen LogP contribution in [0.2, 0.25) is 0 Å². The molecule has 4 amide bonds. The lowest BCUT2D eigenvalue weighted by Crippen LogP contribution is -2.59. The van der Waals surface area contributed by atoms with E-state index in [1.165, 1.54) is 4.90 Å². The molecule has 3 aromatic heterocycles. The van der Waals surface area contributed by atoms with E-state index in [0.717, 1.165) is 27.3 Å². The number of hydrogen-bond acceptors (Lipinski definition) is 12. The Balaban J connectivity index is 0.846. The highest BCUT2D eigenvalue weighted by molar-refractivity contribution is 7.13. The second-order valence-corrected chi connectivity index (χ2v) is 20.0. The van der Waals surface area contributed by atoms with Gasteiger partial charge in [0.2, 0.25) is 23.6 Å². The zero-order valence-corrected chi connectivity index (χ0v) is 38.3. The molecule has 0 bridgehead atoms. The summed E-state index contributed by atoms with van der Waals surface area (Å²) in [7, 11) is 0. The Morgan fingerprint density at radius 2 is 1.66 bits per heavy atom. The third-order valence-electron chi connectivity index (χ3n) is 13.3. The van der Waals surface area contributed by atoms with Gasteiger partial charge in [-0.1, -0.05) is 45.0 Å². The fraction of sp³-hybridized carbons (Fsp3) is 0.532. The number of nitrogens with one attached hydrogen (secondary N) is 3. The van der Waals surface area contributed by atoms with Crippen LogP contribution in [-0.4, -0.2) is 115 Å². The largest absolute Gasteiger partial charge is 0.391 e. The number of amides is 4. The molecule has 346 valence electrons. The standard InChI is InChI=1S/C47H58F2N10O5S/c1-27(29-6-8-31(9-7-29)40-28(2)52-26-65-40)53-43(62)36-22-35(60)24-59(36)45(64)41(46(3,4)5)56-42(61)33-18-34(19-33)44(63)57-15-10-30(11-16-57)32-20-37(54-38-23-50-13-14-51-38)55-39(21-32)58-17-12-47(48,49)25-58/h6-9,13-14,20-21,23,26-27,30,33-36,41,60H,10-12,15-19,22,24-25H2,1-5H3,(H,53,62)(H,56,61)(H,51,54,55)/t27-,33-,34-,35+,36-,41+/m0/s1. The van der Waals surface area contributed by atoms with E-state index in [-0.39, 0.29) is 61.5 Å². The monoisotopic (exact) mass is 912 g/mol. The summed E-state index contributed by atoms with van der Waals surface area (Å²) >= 11 is 1.57. The number of aliphatic hydroxyl groups excluding tert-OH is 1. The number of aryl methyl sites for hydroxylation is 1. The van der Waals surface area contributed by atoms with Crippen molar-refractivity contribution in [2.75, 3.05) is 42.9 Å². The number of pyridine rings is 1. The second kappa shape index (κ2) is 18.7. The predicted octanol–water partition coefficient (Wildman–Crippen LogP) is 5.99. The van der Waals surface area contributed by atoms with Crippen molar-refractivity contribution >= 4 is 52.4 Å². The van der Waals surface area contributed by atoms with Crippen molar-refractivity contribution in [1.82, 2.24) is 40.4 Å². The van der Waals surface area contributed by atoms with Crippen LogP contribution in [0.5, 0.6) is 0 Å². The number of aromatic nitrogens is 4. The quantitative estimate of drug-likeness (QED) is 0.131. The number of thiazole rings is 1. The molecule has 0 unspecified atom stereocenters. The number of benzene rings is 1. The topological polar surface area (TPSA) is 186 Å². The molecule has 4 fully saturated rings. The normalized spacial score (nSPS) is 23.1. The van der Waals surface area contributed by atoms with Crippen LogP contribution in [0.25, 0.3) is 10.4 Å². The van der Waals surface area contributed by atoms with E-state index in [1.807, 2.05) is 81.4 Å². The minimum Gasteiger partial charge on any atom is -0.391 e. The van der Waals surface area contributed by atoms with E-state index in [1.54, 1.807) is 34.8 Å². The van der Waals surface area contributed by atoms with Crippen LogP contribution in [0.1, 0.15) is 95.0 Å². The molecular weight excluding hydrogens is 855 g/mol. The molecular formula is C47H58F2N10O5S. The summed E-state index contributed by atoms with van der Waals surface area (Å²) in [6.07, 6.45) is 5.68. The average molecular weight is 913 g/mol. The zero-order chi connectivity index (χ0) is 46.2. The van der Waals surface area contributed by atoms with Gasteiger partial charge in [0.15, 0.2) is 0 Å². The van der Waals surface area contributed by atoms with E-state index in [0.29, 0.717) is 56.2 Å². The van der Waals surface area contributed by atoms with Crippen molar-refractivity contribution in [2.24, 2.45) is 17.3 Å². The number of carbonyl (C=O) groups is 4. The van der Waals surface area contributed by atoms with Crippen LogP contribution >= 0.6 is 11.3 Å². The number of likely N-dealkylation sites (tertiary alicyclic amines) is 2. The number of alkyl halides is 2. The van der Waals surface area contributed by atoms with Gasteiger partial charge in [-0.3, -0.25) is 24.2 Å². The van der Waals surface area contributed by atoms with Crippen LogP contribution in [0.15, 0.2) is 60.5 Å². The maximum atomic E-state index is 14.3. The van der Waals surface area contributed by atoms with Crippen molar-refractivity contribution in [3.63, 3.8) is 0 Å². The number of halogens is 2. The molecule has 1 saturated carbocycles. The number of carbonyl (C=O) groups excluding carboxylic acids is 4. The SMILES string of the molecule is Cc1ncsc1-c1ccc([C@H](C)NC(=O)[C@@H]2C[C@@H](O)CN2C(=O)[C@@H](NC(=O)[C@H]2C[C@H](C(=O)N3CCC(c4cc(Nc5cnccn5)nc(N5CCC(F)(F)C5)c4)CC3)C2)C(C)(C)C)cc1. The Labute approximate surface area is 381 Å². The van der Waals surface area contributed by atoms with Gasteiger partial charge in [-0.25, -0.2) is 23.7 Å². The van der Waals surface area contributed by atoms with Crippen LogP contribution in [0.3, 0.4) is 0 Å². The van der Waals surface area contributed by atoms with E-state index in [9.17, 15) is 33.1 Å². The third-order valence-corrected chi connectivity index (χ3v) is 14.3. The molecule has 1 aromatic carbocycles. The Bertz CT molecular complexity index is 2370. The lowest BCUT2D eigenvalue weighted by Gasteiger charge is -2.41. The molecule has 8 rings (SSSR count). The molecule has 4 aliphatic rings. The van der Waals surface area contributed by atoms with Gasteiger partial charge in [0.1, 0.15) is 29.5 Å². The summed E-state index contributed by atoms with van der Waals surface area (Å²) < 4.78 is 28.5. The number of nitrogens with zero attached hydrogens (tertiary/aromatic N) is 7. The number of β-amino-alcohol motifs (C(OH)–C–C–N with tert-alkyl or cyclic N) is 1. The van der Waals surface area contributed by atoms with Crippen LogP contribution in [0, 0.1) is 24.2 Å². The van der Waals surface area contributed by atoms with Crippen molar-refractivity contribution in [3.8, 4) is 10.4 Å².